The van der Waals surface area contributed by atoms with E-state index in [0.717, 1.165) is 0 Å². The molecule has 0 bridgehead atoms. The molecule has 2 rings (SSSR count). The van der Waals surface area contributed by atoms with Gasteiger partial charge in [0.25, 0.3) is 0 Å². The summed E-state index contributed by atoms with van der Waals surface area (Å²) >= 11 is 0. The zero-order valence-electron chi connectivity index (χ0n) is 12.9. The van der Waals surface area contributed by atoms with E-state index in [0.29, 0.717) is 31.9 Å². The zero-order chi connectivity index (χ0) is 16.9. The number of carbonyl (C=O) groups excluding carboxylic acids is 2. The maximum atomic E-state index is 12.4. The van der Waals surface area contributed by atoms with Crippen LogP contribution in [-0.4, -0.2) is 57.4 Å². The zero-order valence-corrected chi connectivity index (χ0v) is 13.7. The lowest BCUT2D eigenvalue weighted by molar-refractivity contribution is -0.142. The lowest BCUT2D eigenvalue weighted by Crippen LogP contribution is -2.40. The van der Waals surface area contributed by atoms with E-state index in [2.05, 4.69) is 0 Å². The van der Waals surface area contributed by atoms with Crippen molar-refractivity contribution in [2.45, 2.75) is 18.2 Å². The first kappa shape index (κ1) is 17.6. The van der Waals surface area contributed by atoms with Crippen molar-refractivity contribution in [1.82, 2.24) is 4.31 Å². The van der Waals surface area contributed by atoms with Crippen molar-refractivity contribution in [1.29, 1.82) is 0 Å². The Balaban J connectivity index is 2.06. The van der Waals surface area contributed by atoms with E-state index in [9.17, 15) is 18.0 Å². The Bertz CT molecular complexity index is 662. The molecular formula is C15H19NO6S. The second-order valence-electron chi connectivity index (χ2n) is 4.98. The van der Waals surface area contributed by atoms with Gasteiger partial charge in [-0.15, -0.1) is 0 Å². The summed E-state index contributed by atoms with van der Waals surface area (Å²) in [7, 11) is -3.58. The van der Waals surface area contributed by atoms with Crippen LogP contribution in [0.15, 0.2) is 29.2 Å². The van der Waals surface area contributed by atoms with E-state index in [1.54, 1.807) is 6.92 Å². The van der Waals surface area contributed by atoms with Gasteiger partial charge in [-0.25, -0.2) is 8.42 Å². The molecule has 7 nitrogen and oxygen atoms in total. The van der Waals surface area contributed by atoms with Crippen LogP contribution < -0.4 is 0 Å². The first-order valence-corrected chi connectivity index (χ1v) is 8.76. The fraction of sp³-hybridized carbons (Fsp3) is 0.467. The second-order valence-corrected chi connectivity index (χ2v) is 6.92. The molecule has 0 radical (unpaired) electrons. The minimum absolute atomic E-state index is 0.126. The van der Waals surface area contributed by atoms with Crippen molar-refractivity contribution in [3.05, 3.63) is 29.8 Å². The molecule has 1 aliphatic heterocycles. The van der Waals surface area contributed by atoms with Crippen LogP contribution in [0.3, 0.4) is 0 Å². The lowest BCUT2D eigenvalue weighted by Gasteiger charge is -2.26. The van der Waals surface area contributed by atoms with Crippen LogP contribution in [0.5, 0.6) is 0 Å². The molecule has 1 saturated heterocycles. The summed E-state index contributed by atoms with van der Waals surface area (Å²) in [6.45, 7) is 2.67. The van der Waals surface area contributed by atoms with Gasteiger partial charge >= 0.3 is 5.97 Å². The fourth-order valence-corrected chi connectivity index (χ4v) is 3.49. The van der Waals surface area contributed by atoms with Crippen LogP contribution in [0, 0.1) is 0 Å². The highest BCUT2D eigenvalue weighted by molar-refractivity contribution is 7.89. The Hall–Kier alpha value is -1.77. The van der Waals surface area contributed by atoms with E-state index in [4.69, 9.17) is 9.47 Å². The van der Waals surface area contributed by atoms with Gasteiger partial charge in [-0.1, -0.05) is 6.92 Å². The smallest absolute Gasteiger partial charge is 0.305 e. The highest BCUT2D eigenvalue weighted by Gasteiger charge is 2.26. The van der Waals surface area contributed by atoms with E-state index < -0.39 is 16.0 Å². The molecule has 0 aliphatic carbocycles. The number of nitrogens with zero attached hydrogens (tertiary/aromatic N) is 1. The van der Waals surface area contributed by atoms with Gasteiger partial charge in [0.05, 0.1) is 18.1 Å². The molecular weight excluding hydrogens is 322 g/mol. The van der Waals surface area contributed by atoms with Crippen molar-refractivity contribution in [2.24, 2.45) is 0 Å². The van der Waals surface area contributed by atoms with Crippen molar-refractivity contribution < 1.29 is 27.5 Å². The van der Waals surface area contributed by atoms with Crippen LogP contribution in [-0.2, 0) is 24.3 Å². The second kappa shape index (κ2) is 7.67. The number of hydrogen-bond acceptors (Lipinski definition) is 6. The number of sulfonamides is 1. The Kier molecular flexibility index (Phi) is 5.86. The topological polar surface area (TPSA) is 90.0 Å². The summed E-state index contributed by atoms with van der Waals surface area (Å²) in [6.07, 6.45) is 0.198. The molecule has 0 saturated carbocycles. The normalized spacial score (nSPS) is 16.0. The Morgan fingerprint density at radius 2 is 1.78 bits per heavy atom. The Morgan fingerprint density at radius 3 is 2.35 bits per heavy atom. The summed E-state index contributed by atoms with van der Waals surface area (Å²) in [6, 6.07) is 5.63. The van der Waals surface area contributed by atoms with Crippen LogP contribution in [0.1, 0.15) is 23.7 Å². The van der Waals surface area contributed by atoms with E-state index in [1.807, 2.05) is 0 Å². The number of Topliss-reactive ketones (excluding diaryl/α,β-unsaturated/α-hetero) is 1. The molecule has 126 valence electrons. The van der Waals surface area contributed by atoms with Crippen molar-refractivity contribution in [2.75, 3.05) is 32.9 Å². The summed E-state index contributed by atoms with van der Waals surface area (Å²) in [4.78, 5) is 23.0. The molecule has 0 spiro atoms. The average molecular weight is 341 g/mol. The number of morpholine rings is 1. The fourth-order valence-electron chi connectivity index (χ4n) is 2.08. The Labute approximate surface area is 135 Å². The molecule has 0 N–H and O–H groups in total. The molecule has 0 aromatic heterocycles. The number of hydrogen-bond donors (Lipinski definition) is 0. The molecule has 1 fully saturated rings. The average Bonchev–Trinajstić information content (AvgIpc) is 2.60. The number of esters is 1. The Morgan fingerprint density at radius 1 is 1.17 bits per heavy atom. The summed E-state index contributed by atoms with van der Waals surface area (Å²) in [5.41, 5.74) is 0.301. The lowest BCUT2D eigenvalue weighted by atomic mass is 10.1. The number of ketones is 1. The number of ether oxygens (including phenoxy) is 2. The van der Waals surface area contributed by atoms with Gasteiger partial charge in [0.1, 0.15) is 0 Å². The van der Waals surface area contributed by atoms with E-state index in [1.165, 1.54) is 28.6 Å². The maximum absolute atomic E-state index is 12.4. The summed E-state index contributed by atoms with van der Waals surface area (Å²) in [5, 5.41) is 0. The maximum Gasteiger partial charge on any atom is 0.305 e. The van der Waals surface area contributed by atoms with Gasteiger partial charge in [-0.3, -0.25) is 9.59 Å². The monoisotopic (exact) mass is 341 g/mol. The highest BCUT2D eigenvalue weighted by Crippen LogP contribution is 2.18. The third-order valence-corrected chi connectivity index (χ3v) is 5.35. The molecule has 8 heteroatoms. The summed E-state index contributed by atoms with van der Waals surface area (Å²) < 4.78 is 36.1. The van der Waals surface area contributed by atoms with Crippen LogP contribution >= 0.6 is 0 Å². The number of carbonyl (C=O) groups is 2. The predicted octanol–water partition coefficient (Wildman–Crippen LogP) is 0.843. The molecule has 0 unspecified atom stereocenters. The third-order valence-electron chi connectivity index (χ3n) is 3.44. The molecule has 1 aromatic rings. The SMILES string of the molecule is CCC(=O)OCC(=O)c1ccc(S(=O)(=O)N2CCOCC2)cc1. The quantitative estimate of drug-likeness (QED) is 0.563. The minimum atomic E-state index is -3.58. The molecule has 23 heavy (non-hydrogen) atoms. The number of benzene rings is 1. The molecule has 0 atom stereocenters. The first-order chi connectivity index (χ1) is 10.9. The number of rotatable bonds is 6. The van der Waals surface area contributed by atoms with Crippen molar-refractivity contribution >= 4 is 21.8 Å². The third kappa shape index (κ3) is 4.37. The van der Waals surface area contributed by atoms with Crippen LogP contribution in [0.4, 0.5) is 0 Å². The van der Waals surface area contributed by atoms with Crippen molar-refractivity contribution in [3.8, 4) is 0 Å². The van der Waals surface area contributed by atoms with Gasteiger partial charge in [-0.2, -0.15) is 4.31 Å². The van der Waals surface area contributed by atoms with Gasteiger partial charge < -0.3 is 9.47 Å². The molecule has 1 heterocycles. The van der Waals surface area contributed by atoms with Gasteiger partial charge in [-0.05, 0) is 24.3 Å². The standard InChI is InChI=1S/C15H19NO6S/c1-2-15(18)22-11-14(17)12-3-5-13(6-4-12)23(19,20)16-7-9-21-10-8-16/h3-6H,2,7-11H2,1H3. The summed E-state index contributed by atoms with van der Waals surface area (Å²) in [5.74, 6) is -0.827. The van der Waals surface area contributed by atoms with Crippen LogP contribution in [0.25, 0.3) is 0 Å². The predicted molar refractivity (Wildman–Crippen MR) is 81.6 cm³/mol. The van der Waals surface area contributed by atoms with Gasteiger partial charge in [0, 0.05) is 25.1 Å². The molecule has 1 aromatic carbocycles. The van der Waals surface area contributed by atoms with E-state index >= 15 is 0 Å². The minimum Gasteiger partial charge on any atom is -0.457 e. The van der Waals surface area contributed by atoms with Crippen LogP contribution in [0.2, 0.25) is 0 Å². The molecule has 0 amide bonds. The van der Waals surface area contributed by atoms with E-state index in [-0.39, 0.29) is 23.7 Å². The van der Waals surface area contributed by atoms with Crippen molar-refractivity contribution in [3.63, 3.8) is 0 Å². The highest BCUT2D eigenvalue weighted by atomic mass is 32.2. The first-order valence-electron chi connectivity index (χ1n) is 7.32. The molecule has 1 aliphatic rings. The largest absolute Gasteiger partial charge is 0.457 e. The van der Waals surface area contributed by atoms with Gasteiger partial charge in [0.15, 0.2) is 12.4 Å². The van der Waals surface area contributed by atoms with Gasteiger partial charge in [0.2, 0.25) is 10.0 Å².